The topological polar surface area (TPSA) is 92.3 Å². The van der Waals surface area contributed by atoms with Crippen molar-refractivity contribution in [1.82, 2.24) is 5.32 Å². The van der Waals surface area contributed by atoms with Gasteiger partial charge in [0.05, 0.1) is 6.26 Å². The largest absolute Gasteiger partial charge is 0.465 e. The lowest BCUT2D eigenvalue weighted by Gasteiger charge is -2.16. The molecular weight excluding hydrogens is 284 g/mol. The van der Waals surface area contributed by atoms with Gasteiger partial charge in [0.1, 0.15) is 17.4 Å². The zero-order valence-electron chi connectivity index (χ0n) is 12.4. The molecule has 0 aromatic carbocycles. The molecule has 1 atom stereocenters. The van der Waals surface area contributed by atoms with Gasteiger partial charge in [-0.1, -0.05) is 12.8 Å². The Morgan fingerprint density at radius 1 is 1.50 bits per heavy atom. The highest BCUT2D eigenvalue weighted by atomic mass is 16.5. The Hall–Kier alpha value is -2.55. The van der Waals surface area contributed by atoms with E-state index in [1.165, 1.54) is 19.3 Å². The highest BCUT2D eigenvalue weighted by Crippen LogP contribution is 2.18. The van der Waals surface area contributed by atoms with E-state index in [0.29, 0.717) is 5.76 Å². The van der Waals surface area contributed by atoms with Gasteiger partial charge in [-0.15, -0.1) is 0 Å². The van der Waals surface area contributed by atoms with Crippen molar-refractivity contribution < 1.29 is 18.7 Å². The summed E-state index contributed by atoms with van der Waals surface area (Å²) in [7, 11) is 0. The number of carbonyl (C=O) groups excluding carboxylic acids is 2. The molecule has 0 radical (unpaired) electrons. The maximum atomic E-state index is 12.0. The summed E-state index contributed by atoms with van der Waals surface area (Å²) in [5.41, 5.74) is -0.213. The maximum Gasteiger partial charge on any atom is 0.349 e. The number of hydrogen-bond donors (Lipinski definition) is 1. The number of hydrogen-bond acceptors (Lipinski definition) is 5. The first kappa shape index (κ1) is 15.8. The molecule has 6 nitrogen and oxygen atoms in total. The predicted molar refractivity (Wildman–Crippen MR) is 78.3 cm³/mol. The highest BCUT2D eigenvalue weighted by molar-refractivity contribution is 5.98. The molecule has 2 rings (SSSR count). The second-order valence-corrected chi connectivity index (χ2v) is 5.22. The third-order valence-electron chi connectivity index (χ3n) is 3.52. The van der Waals surface area contributed by atoms with Crippen LogP contribution in [0.15, 0.2) is 28.4 Å². The lowest BCUT2D eigenvalue weighted by molar-refractivity contribution is -0.151. The summed E-state index contributed by atoms with van der Waals surface area (Å²) in [6, 6.07) is 5.16. The van der Waals surface area contributed by atoms with E-state index in [-0.39, 0.29) is 17.5 Å². The van der Waals surface area contributed by atoms with E-state index in [1.54, 1.807) is 18.2 Å². The van der Waals surface area contributed by atoms with Crippen LogP contribution in [-0.4, -0.2) is 24.0 Å². The molecule has 1 aromatic rings. The standard InChI is InChI=1S/C16H18N2O4/c1-11(15(19)18-13-5-2-3-6-13)22-16(20)12(10-17)9-14-7-4-8-21-14/h4,7-9,11,13H,2-3,5-6H2,1H3,(H,18,19)/b12-9+/t11-/m1/s1. The number of nitrogens with zero attached hydrogens (tertiary/aromatic N) is 1. The normalized spacial score (nSPS) is 16.8. The Kier molecular flexibility index (Phi) is 5.37. The van der Waals surface area contributed by atoms with Crippen LogP contribution in [0.25, 0.3) is 6.08 Å². The molecule has 1 saturated carbocycles. The number of furan rings is 1. The van der Waals surface area contributed by atoms with Crippen molar-refractivity contribution in [2.45, 2.75) is 44.8 Å². The van der Waals surface area contributed by atoms with Crippen LogP contribution < -0.4 is 5.32 Å². The van der Waals surface area contributed by atoms with Gasteiger partial charge in [0.15, 0.2) is 6.10 Å². The van der Waals surface area contributed by atoms with Gasteiger partial charge < -0.3 is 14.5 Å². The summed E-state index contributed by atoms with van der Waals surface area (Å²) in [5, 5.41) is 11.9. The Labute approximate surface area is 128 Å². The lowest BCUT2D eigenvalue weighted by atomic mass is 10.2. The van der Waals surface area contributed by atoms with Gasteiger partial charge in [-0.3, -0.25) is 4.79 Å². The zero-order chi connectivity index (χ0) is 15.9. The molecule has 1 aliphatic rings. The van der Waals surface area contributed by atoms with Crippen molar-refractivity contribution in [1.29, 1.82) is 5.26 Å². The summed E-state index contributed by atoms with van der Waals surface area (Å²) in [6.45, 7) is 1.49. The predicted octanol–water partition coefficient (Wildman–Crippen LogP) is 2.18. The quantitative estimate of drug-likeness (QED) is 0.511. The number of carbonyl (C=O) groups is 2. The molecule has 0 saturated heterocycles. The smallest absolute Gasteiger partial charge is 0.349 e. The second kappa shape index (κ2) is 7.46. The van der Waals surface area contributed by atoms with Gasteiger partial charge >= 0.3 is 5.97 Å². The SMILES string of the molecule is C[C@@H](OC(=O)/C(C#N)=C/c1ccco1)C(=O)NC1CCCC1. The fraction of sp³-hybridized carbons (Fsp3) is 0.438. The third kappa shape index (κ3) is 4.22. The van der Waals surface area contributed by atoms with Crippen LogP contribution in [0.3, 0.4) is 0 Å². The average molecular weight is 302 g/mol. The van der Waals surface area contributed by atoms with Gasteiger partial charge in [0, 0.05) is 12.1 Å². The molecule has 0 unspecified atom stereocenters. The van der Waals surface area contributed by atoms with E-state index in [1.807, 2.05) is 0 Å². The first-order valence-corrected chi connectivity index (χ1v) is 7.27. The third-order valence-corrected chi connectivity index (χ3v) is 3.52. The minimum atomic E-state index is -0.943. The molecule has 1 fully saturated rings. The summed E-state index contributed by atoms with van der Waals surface area (Å²) >= 11 is 0. The van der Waals surface area contributed by atoms with Gasteiger partial charge in [-0.2, -0.15) is 5.26 Å². The zero-order valence-corrected chi connectivity index (χ0v) is 12.4. The van der Waals surface area contributed by atoms with Gasteiger partial charge in [0.25, 0.3) is 5.91 Å². The lowest BCUT2D eigenvalue weighted by Crippen LogP contribution is -2.41. The van der Waals surface area contributed by atoms with Crippen LogP contribution >= 0.6 is 0 Å². The molecule has 1 N–H and O–H groups in total. The van der Waals surface area contributed by atoms with Crippen molar-refractivity contribution in [2.24, 2.45) is 0 Å². The monoisotopic (exact) mass is 302 g/mol. The molecular formula is C16H18N2O4. The molecule has 1 heterocycles. The van der Waals surface area contributed by atoms with Crippen molar-refractivity contribution >= 4 is 18.0 Å². The summed E-state index contributed by atoms with van der Waals surface area (Å²) in [5.74, 6) is -0.805. The van der Waals surface area contributed by atoms with Crippen LogP contribution in [0.2, 0.25) is 0 Å². The van der Waals surface area contributed by atoms with Crippen LogP contribution in [0.1, 0.15) is 38.4 Å². The van der Waals surface area contributed by atoms with Crippen molar-refractivity contribution in [3.05, 3.63) is 29.7 Å². The number of amides is 1. The number of rotatable bonds is 5. The fourth-order valence-corrected chi connectivity index (χ4v) is 2.32. The Morgan fingerprint density at radius 2 is 2.23 bits per heavy atom. The molecule has 0 aliphatic heterocycles. The van der Waals surface area contributed by atoms with E-state index in [4.69, 9.17) is 14.4 Å². The molecule has 1 amide bonds. The Morgan fingerprint density at radius 3 is 2.82 bits per heavy atom. The first-order chi connectivity index (χ1) is 10.6. The number of esters is 1. The van der Waals surface area contributed by atoms with Gasteiger partial charge in [0.2, 0.25) is 0 Å². The molecule has 0 bridgehead atoms. The number of ether oxygens (including phenoxy) is 1. The molecule has 6 heteroatoms. The average Bonchev–Trinajstić information content (AvgIpc) is 3.17. The van der Waals surface area contributed by atoms with Crippen LogP contribution in [0.5, 0.6) is 0 Å². The van der Waals surface area contributed by atoms with Crippen LogP contribution in [-0.2, 0) is 14.3 Å². The number of nitrogens with one attached hydrogen (secondary N) is 1. The van der Waals surface area contributed by atoms with Gasteiger partial charge in [-0.25, -0.2) is 4.79 Å². The first-order valence-electron chi connectivity index (χ1n) is 7.27. The Bertz CT molecular complexity index is 592. The minimum absolute atomic E-state index is 0.155. The molecule has 116 valence electrons. The van der Waals surface area contributed by atoms with Crippen LogP contribution in [0, 0.1) is 11.3 Å². The molecule has 22 heavy (non-hydrogen) atoms. The Balaban J connectivity index is 1.91. The maximum absolute atomic E-state index is 12.0. The van der Waals surface area contributed by atoms with E-state index < -0.39 is 12.1 Å². The highest BCUT2D eigenvalue weighted by Gasteiger charge is 2.24. The summed E-state index contributed by atoms with van der Waals surface area (Å²) in [6.07, 6.45) is 5.88. The fourth-order valence-electron chi connectivity index (χ4n) is 2.32. The van der Waals surface area contributed by atoms with E-state index >= 15 is 0 Å². The summed E-state index contributed by atoms with van der Waals surface area (Å²) < 4.78 is 10.1. The molecule has 1 aromatic heterocycles. The second-order valence-electron chi connectivity index (χ2n) is 5.22. The van der Waals surface area contributed by atoms with Crippen molar-refractivity contribution in [2.75, 3.05) is 0 Å². The van der Waals surface area contributed by atoms with Crippen molar-refractivity contribution in [3.63, 3.8) is 0 Å². The molecule has 0 spiro atoms. The van der Waals surface area contributed by atoms with E-state index in [0.717, 1.165) is 25.7 Å². The van der Waals surface area contributed by atoms with Crippen LogP contribution in [0.4, 0.5) is 0 Å². The number of nitriles is 1. The summed E-state index contributed by atoms with van der Waals surface area (Å²) in [4.78, 5) is 23.9. The molecule has 1 aliphatic carbocycles. The van der Waals surface area contributed by atoms with E-state index in [2.05, 4.69) is 5.32 Å². The van der Waals surface area contributed by atoms with E-state index in [9.17, 15) is 9.59 Å². The van der Waals surface area contributed by atoms with Gasteiger partial charge in [-0.05, 0) is 31.9 Å². The minimum Gasteiger partial charge on any atom is -0.465 e. The van der Waals surface area contributed by atoms with Crippen molar-refractivity contribution in [3.8, 4) is 6.07 Å².